The van der Waals surface area contributed by atoms with Crippen LogP contribution in [0.25, 0.3) is 10.9 Å². The van der Waals surface area contributed by atoms with Gasteiger partial charge in [0.05, 0.1) is 5.52 Å². The van der Waals surface area contributed by atoms with E-state index in [1.54, 1.807) is 11.0 Å². The van der Waals surface area contributed by atoms with Crippen LogP contribution in [0.2, 0.25) is 0 Å². The molecule has 2 fully saturated rings. The predicted octanol–water partition coefficient (Wildman–Crippen LogP) is 2.69. The van der Waals surface area contributed by atoms with Crippen LogP contribution in [0.4, 0.5) is 5.82 Å². The minimum Gasteiger partial charge on any atom is -0.489 e. The molecule has 0 radical (unpaired) electrons. The molecule has 190 valence electrons. The largest absolute Gasteiger partial charge is 0.489 e. The van der Waals surface area contributed by atoms with Crippen LogP contribution in [0.5, 0.6) is 5.75 Å². The Kier molecular flexibility index (Phi) is 6.00. The first-order valence-electron chi connectivity index (χ1n) is 12.7. The molecule has 3 aliphatic rings. The number of likely N-dealkylation sites (tertiary alicyclic amines) is 1. The Balaban J connectivity index is 1.07. The van der Waals surface area contributed by atoms with Crippen LogP contribution in [-0.2, 0) is 22.7 Å². The highest BCUT2D eigenvalue weighted by Crippen LogP contribution is 2.31. The number of carbonyl (C=O) groups is 3. The summed E-state index contributed by atoms with van der Waals surface area (Å²) in [5, 5.41) is 6.54. The second-order valence-corrected chi connectivity index (χ2v) is 9.96. The SMILES string of the molecule is CNc1ccc2cc(CN3CC[C@H](Oc4ccc5c(c4)CN(C4CCC(=O)NC4=O)C5=O)C3)ccc2n1. The molecular formula is C28H29N5O4. The summed E-state index contributed by atoms with van der Waals surface area (Å²) < 4.78 is 6.30. The molecule has 3 aliphatic heterocycles. The Bertz CT molecular complexity index is 1410. The third-order valence-corrected chi connectivity index (χ3v) is 7.44. The zero-order chi connectivity index (χ0) is 25.5. The van der Waals surface area contributed by atoms with Gasteiger partial charge in [0, 0.05) is 50.6 Å². The quantitative estimate of drug-likeness (QED) is 0.503. The van der Waals surface area contributed by atoms with Crippen molar-refractivity contribution in [3.05, 3.63) is 65.2 Å². The van der Waals surface area contributed by atoms with Crippen molar-refractivity contribution in [2.45, 2.75) is 44.5 Å². The number of hydrogen-bond acceptors (Lipinski definition) is 7. The normalized spacial score (nSPS) is 21.9. The van der Waals surface area contributed by atoms with Crippen LogP contribution in [-0.4, -0.2) is 64.8 Å². The molecule has 1 aromatic heterocycles. The molecule has 37 heavy (non-hydrogen) atoms. The highest BCUT2D eigenvalue weighted by Gasteiger charge is 2.39. The number of imide groups is 1. The van der Waals surface area contributed by atoms with E-state index in [9.17, 15) is 14.4 Å². The number of fused-ring (bicyclic) bond motifs is 2. The highest BCUT2D eigenvalue weighted by atomic mass is 16.5. The molecular weight excluding hydrogens is 470 g/mol. The summed E-state index contributed by atoms with van der Waals surface area (Å²) in [7, 11) is 1.87. The maximum absolute atomic E-state index is 12.9. The van der Waals surface area contributed by atoms with E-state index >= 15 is 0 Å². The van der Waals surface area contributed by atoms with Gasteiger partial charge in [0.2, 0.25) is 11.8 Å². The van der Waals surface area contributed by atoms with Gasteiger partial charge in [-0.25, -0.2) is 4.98 Å². The van der Waals surface area contributed by atoms with Gasteiger partial charge in [0.1, 0.15) is 23.7 Å². The Morgan fingerprint density at radius 1 is 1.08 bits per heavy atom. The van der Waals surface area contributed by atoms with Gasteiger partial charge in [-0.3, -0.25) is 24.6 Å². The average Bonchev–Trinajstić information content (AvgIpc) is 3.47. The van der Waals surface area contributed by atoms with E-state index < -0.39 is 11.9 Å². The Labute approximate surface area is 214 Å². The summed E-state index contributed by atoms with van der Waals surface area (Å²) in [6.45, 7) is 2.98. The van der Waals surface area contributed by atoms with Crippen LogP contribution in [0, 0.1) is 0 Å². The highest BCUT2D eigenvalue weighted by molar-refractivity contribution is 6.05. The van der Waals surface area contributed by atoms with Crippen molar-refractivity contribution in [1.29, 1.82) is 0 Å². The summed E-state index contributed by atoms with van der Waals surface area (Å²) in [6, 6.07) is 15.4. The minimum atomic E-state index is -0.610. The minimum absolute atomic E-state index is 0.0710. The van der Waals surface area contributed by atoms with Crippen LogP contribution >= 0.6 is 0 Å². The molecule has 2 N–H and O–H groups in total. The Morgan fingerprint density at radius 2 is 1.97 bits per heavy atom. The molecule has 1 unspecified atom stereocenters. The molecule has 2 aromatic carbocycles. The predicted molar refractivity (Wildman–Crippen MR) is 138 cm³/mol. The topological polar surface area (TPSA) is 104 Å². The van der Waals surface area contributed by atoms with Gasteiger partial charge >= 0.3 is 0 Å². The number of pyridine rings is 1. The molecule has 4 heterocycles. The van der Waals surface area contributed by atoms with Crippen molar-refractivity contribution >= 4 is 34.4 Å². The van der Waals surface area contributed by atoms with Crippen LogP contribution in [0.3, 0.4) is 0 Å². The van der Waals surface area contributed by atoms with Gasteiger partial charge in [-0.05, 0) is 66.4 Å². The molecule has 0 saturated carbocycles. The molecule has 0 bridgehead atoms. The smallest absolute Gasteiger partial charge is 0.255 e. The number of amides is 3. The number of ether oxygens (including phenoxy) is 1. The zero-order valence-electron chi connectivity index (χ0n) is 20.7. The second-order valence-electron chi connectivity index (χ2n) is 9.96. The van der Waals surface area contributed by atoms with Crippen LogP contribution in [0.15, 0.2) is 48.5 Å². The number of nitrogens with zero attached hydrogens (tertiary/aromatic N) is 3. The van der Waals surface area contributed by atoms with E-state index in [0.29, 0.717) is 18.5 Å². The number of nitrogens with one attached hydrogen (secondary N) is 2. The fourth-order valence-electron chi connectivity index (χ4n) is 5.52. The Hall–Kier alpha value is -3.98. The first-order valence-corrected chi connectivity index (χ1v) is 12.7. The van der Waals surface area contributed by atoms with Crippen LogP contribution < -0.4 is 15.4 Å². The lowest BCUT2D eigenvalue weighted by Crippen LogP contribution is -2.52. The third-order valence-electron chi connectivity index (χ3n) is 7.44. The molecule has 2 saturated heterocycles. The van der Waals surface area contributed by atoms with E-state index in [0.717, 1.165) is 54.1 Å². The molecule has 3 aromatic rings. The van der Waals surface area contributed by atoms with Gasteiger partial charge in [0.15, 0.2) is 0 Å². The van der Waals surface area contributed by atoms with E-state index in [1.807, 2.05) is 25.2 Å². The first-order chi connectivity index (χ1) is 18.0. The standard InChI is InChI=1S/C28H29N5O4/c1-29-25-8-3-18-12-17(2-6-23(18)30-25)14-32-11-10-21(16-32)37-20-4-5-22-19(13-20)15-33(28(22)36)24-7-9-26(34)31-27(24)35/h2-6,8,12-13,21,24H,7,9-11,14-16H2,1H3,(H,29,30)(H,31,34,35)/t21-,24?/m0/s1. The van der Waals surface area contributed by atoms with Gasteiger partial charge in [-0.1, -0.05) is 6.07 Å². The number of carbonyl (C=O) groups excluding carboxylic acids is 3. The summed E-state index contributed by atoms with van der Waals surface area (Å²) in [6.07, 6.45) is 1.60. The van der Waals surface area contributed by atoms with E-state index in [1.165, 1.54) is 5.56 Å². The lowest BCUT2D eigenvalue weighted by molar-refractivity contribution is -0.136. The number of piperidine rings is 1. The summed E-state index contributed by atoms with van der Waals surface area (Å²) >= 11 is 0. The van der Waals surface area contributed by atoms with Gasteiger partial charge in [-0.15, -0.1) is 0 Å². The molecule has 0 aliphatic carbocycles. The van der Waals surface area contributed by atoms with Crippen molar-refractivity contribution < 1.29 is 19.1 Å². The summed E-state index contributed by atoms with van der Waals surface area (Å²) in [5.41, 5.74) is 3.67. The Morgan fingerprint density at radius 3 is 2.81 bits per heavy atom. The molecule has 3 amide bonds. The van der Waals surface area contributed by atoms with Crippen molar-refractivity contribution in [2.24, 2.45) is 0 Å². The number of hydrogen-bond donors (Lipinski definition) is 2. The number of anilines is 1. The van der Waals surface area contributed by atoms with Crippen molar-refractivity contribution in [3.8, 4) is 5.75 Å². The maximum Gasteiger partial charge on any atom is 0.255 e. The number of rotatable bonds is 6. The van der Waals surface area contributed by atoms with Gasteiger partial charge in [-0.2, -0.15) is 0 Å². The zero-order valence-corrected chi connectivity index (χ0v) is 20.7. The van der Waals surface area contributed by atoms with Gasteiger partial charge < -0.3 is 15.0 Å². The maximum atomic E-state index is 12.9. The second kappa shape index (κ2) is 9.48. The lowest BCUT2D eigenvalue weighted by Gasteiger charge is -2.29. The summed E-state index contributed by atoms with van der Waals surface area (Å²) in [4.78, 5) is 45.2. The third kappa shape index (κ3) is 4.62. The van der Waals surface area contributed by atoms with E-state index in [-0.39, 0.29) is 24.3 Å². The lowest BCUT2D eigenvalue weighted by atomic mass is 10.0. The molecule has 9 nitrogen and oxygen atoms in total. The van der Waals surface area contributed by atoms with Crippen LogP contribution in [0.1, 0.15) is 40.7 Å². The van der Waals surface area contributed by atoms with Crippen molar-refractivity contribution in [1.82, 2.24) is 20.1 Å². The molecule has 0 spiro atoms. The number of aromatic nitrogens is 1. The average molecular weight is 500 g/mol. The molecule has 6 rings (SSSR count). The first kappa shape index (κ1) is 23.4. The number of benzene rings is 2. The molecule has 9 heteroatoms. The van der Waals surface area contributed by atoms with Crippen molar-refractivity contribution in [2.75, 3.05) is 25.5 Å². The van der Waals surface area contributed by atoms with Crippen molar-refractivity contribution in [3.63, 3.8) is 0 Å². The summed E-state index contributed by atoms with van der Waals surface area (Å²) in [5.74, 6) is 0.744. The fourth-order valence-corrected chi connectivity index (χ4v) is 5.52. The van der Waals surface area contributed by atoms with Gasteiger partial charge in [0.25, 0.3) is 5.91 Å². The monoisotopic (exact) mass is 499 g/mol. The fraction of sp³-hybridized carbons (Fsp3) is 0.357. The van der Waals surface area contributed by atoms with E-state index in [4.69, 9.17) is 4.74 Å². The van der Waals surface area contributed by atoms with E-state index in [2.05, 4.69) is 44.8 Å². The molecule has 2 atom stereocenters.